The number of fused-ring (bicyclic) bond motifs is 2. The molecule has 224 valence electrons. The summed E-state index contributed by atoms with van der Waals surface area (Å²) in [5.74, 6) is -2.08. The lowest BCUT2D eigenvalue weighted by Gasteiger charge is -2.38. The molecule has 2 aromatic carbocycles. The fourth-order valence-electron chi connectivity index (χ4n) is 5.18. The quantitative estimate of drug-likeness (QED) is 0.480. The van der Waals surface area contributed by atoms with Crippen molar-refractivity contribution in [1.29, 1.82) is 0 Å². The molecule has 0 aliphatic carbocycles. The SMILES string of the molecule is CC(C)C[C@@H]1NC(=O)CN(C)C(=O)[C@@H](Cc2ccccc2)NC(=O)[C@H]2CN(C(=O)c3ccccc3)C[C@@H](CNC1=O)O2. The van der Waals surface area contributed by atoms with Crippen LogP contribution in [-0.2, 0) is 30.3 Å². The van der Waals surface area contributed by atoms with Gasteiger partial charge < -0.3 is 30.5 Å². The highest BCUT2D eigenvalue weighted by atomic mass is 16.5. The molecule has 0 saturated carbocycles. The number of carbonyl (C=O) groups is 5. The van der Waals surface area contributed by atoms with Gasteiger partial charge in [0.05, 0.1) is 19.2 Å². The maximum atomic E-state index is 13.6. The number of nitrogens with one attached hydrogen (secondary N) is 3. The molecule has 2 saturated heterocycles. The molecule has 0 unspecified atom stereocenters. The van der Waals surface area contributed by atoms with Crippen LogP contribution in [0.3, 0.4) is 0 Å². The van der Waals surface area contributed by atoms with Gasteiger partial charge in [0.1, 0.15) is 12.1 Å². The molecule has 2 fully saturated rings. The van der Waals surface area contributed by atoms with Crippen LogP contribution in [0.25, 0.3) is 0 Å². The first-order valence-electron chi connectivity index (χ1n) is 14.3. The fourth-order valence-corrected chi connectivity index (χ4v) is 5.18. The molecule has 2 heterocycles. The predicted molar refractivity (Wildman–Crippen MR) is 155 cm³/mol. The smallest absolute Gasteiger partial charge is 0.254 e. The summed E-state index contributed by atoms with van der Waals surface area (Å²) in [5, 5.41) is 8.40. The minimum Gasteiger partial charge on any atom is -0.360 e. The van der Waals surface area contributed by atoms with Crippen LogP contribution in [-0.4, -0.2) is 96.9 Å². The Labute approximate surface area is 246 Å². The monoisotopic (exact) mass is 577 g/mol. The van der Waals surface area contributed by atoms with Gasteiger partial charge in [0.2, 0.25) is 17.7 Å². The van der Waals surface area contributed by atoms with Crippen molar-refractivity contribution in [3.8, 4) is 0 Å². The third kappa shape index (κ3) is 8.16. The van der Waals surface area contributed by atoms with E-state index in [1.165, 1.54) is 16.8 Å². The third-order valence-electron chi connectivity index (χ3n) is 7.28. The number of likely N-dealkylation sites (N-methyl/N-ethyl adjacent to an activating group) is 1. The Morgan fingerprint density at radius 1 is 0.905 bits per heavy atom. The number of carbonyl (C=O) groups excluding carboxylic acids is 5. The number of rotatable bonds is 5. The van der Waals surface area contributed by atoms with Crippen LogP contribution in [0.5, 0.6) is 0 Å². The lowest BCUT2D eigenvalue weighted by molar-refractivity contribution is -0.148. The number of amides is 5. The maximum absolute atomic E-state index is 13.6. The zero-order valence-electron chi connectivity index (χ0n) is 24.2. The van der Waals surface area contributed by atoms with Crippen LogP contribution in [0.2, 0.25) is 0 Å². The minimum absolute atomic E-state index is 0.0257. The van der Waals surface area contributed by atoms with Crippen LogP contribution in [0.4, 0.5) is 0 Å². The van der Waals surface area contributed by atoms with Gasteiger partial charge in [0.15, 0.2) is 6.10 Å². The molecule has 2 aliphatic heterocycles. The van der Waals surface area contributed by atoms with Gasteiger partial charge in [-0.15, -0.1) is 0 Å². The molecule has 4 atom stereocenters. The Balaban J connectivity index is 1.65. The van der Waals surface area contributed by atoms with Crippen molar-refractivity contribution >= 4 is 29.5 Å². The molecule has 11 heteroatoms. The summed E-state index contributed by atoms with van der Waals surface area (Å²) < 4.78 is 6.10. The zero-order valence-corrected chi connectivity index (χ0v) is 24.2. The molecule has 2 aliphatic rings. The third-order valence-corrected chi connectivity index (χ3v) is 7.28. The van der Waals surface area contributed by atoms with Gasteiger partial charge in [-0.05, 0) is 30.0 Å². The highest BCUT2D eigenvalue weighted by molar-refractivity contribution is 5.96. The van der Waals surface area contributed by atoms with Crippen molar-refractivity contribution in [2.75, 3.05) is 33.2 Å². The Kier molecular flexibility index (Phi) is 10.3. The van der Waals surface area contributed by atoms with E-state index in [2.05, 4.69) is 16.0 Å². The highest BCUT2D eigenvalue weighted by Crippen LogP contribution is 2.17. The van der Waals surface area contributed by atoms with E-state index in [4.69, 9.17) is 4.74 Å². The van der Waals surface area contributed by atoms with Crippen molar-refractivity contribution in [3.63, 3.8) is 0 Å². The first-order valence-corrected chi connectivity index (χ1v) is 14.3. The molecule has 2 bridgehead atoms. The predicted octanol–water partition coefficient (Wildman–Crippen LogP) is 0.743. The lowest BCUT2D eigenvalue weighted by atomic mass is 10.0. The second-order valence-electron chi connectivity index (χ2n) is 11.3. The van der Waals surface area contributed by atoms with Crippen molar-refractivity contribution in [2.24, 2.45) is 5.92 Å². The van der Waals surface area contributed by atoms with E-state index in [9.17, 15) is 24.0 Å². The van der Waals surface area contributed by atoms with Crippen LogP contribution in [0, 0.1) is 5.92 Å². The Morgan fingerprint density at radius 3 is 2.24 bits per heavy atom. The van der Waals surface area contributed by atoms with E-state index >= 15 is 0 Å². The molecular formula is C31H39N5O6. The van der Waals surface area contributed by atoms with Crippen molar-refractivity contribution in [2.45, 2.75) is 51.0 Å². The lowest BCUT2D eigenvalue weighted by Crippen LogP contribution is -2.59. The van der Waals surface area contributed by atoms with E-state index in [0.29, 0.717) is 12.0 Å². The molecule has 3 N–H and O–H groups in total. The summed E-state index contributed by atoms with van der Waals surface area (Å²) in [7, 11) is 1.48. The van der Waals surface area contributed by atoms with Crippen LogP contribution in [0.1, 0.15) is 36.2 Å². The molecule has 11 nitrogen and oxygen atoms in total. The minimum atomic E-state index is -1.08. The normalized spacial score (nSPS) is 24.3. The Bertz CT molecular complexity index is 1270. The number of ether oxygens (including phenoxy) is 1. The molecular weight excluding hydrogens is 538 g/mol. The summed E-state index contributed by atoms with van der Waals surface area (Å²) in [6.45, 7) is 3.74. The number of hydrogen-bond acceptors (Lipinski definition) is 6. The molecule has 4 rings (SSSR count). The first kappa shape index (κ1) is 30.7. The van der Waals surface area contributed by atoms with Crippen molar-refractivity contribution in [3.05, 3.63) is 71.8 Å². The van der Waals surface area contributed by atoms with Gasteiger partial charge in [-0.2, -0.15) is 0 Å². The molecule has 42 heavy (non-hydrogen) atoms. The summed E-state index contributed by atoms with van der Waals surface area (Å²) in [5.41, 5.74) is 1.28. The Morgan fingerprint density at radius 2 is 1.57 bits per heavy atom. The second kappa shape index (κ2) is 14.1. The molecule has 2 aromatic rings. The van der Waals surface area contributed by atoms with E-state index in [1.807, 2.05) is 50.2 Å². The van der Waals surface area contributed by atoms with E-state index in [0.717, 1.165) is 5.56 Å². The number of nitrogens with zero attached hydrogens (tertiary/aromatic N) is 2. The summed E-state index contributed by atoms with van der Waals surface area (Å²) >= 11 is 0. The number of morpholine rings is 1. The van der Waals surface area contributed by atoms with Gasteiger partial charge in [-0.1, -0.05) is 62.4 Å². The highest BCUT2D eigenvalue weighted by Gasteiger charge is 2.38. The topological polar surface area (TPSA) is 137 Å². The Hall–Kier alpha value is -4.25. The van der Waals surface area contributed by atoms with Gasteiger partial charge in [0, 0.05) is 32.1 Å². The largest absolute Gasteiger partial charge is 0.360 e. The average Bonchev–Trinajstić information content (AvgIpc) is 2.98. The van der Waals surface area contributed by atoms with Gasteiger partial charge >= 0.3 is 0 Å². The average molecular weight is 578 g/mol. The number of hydrogen-bond donors (Lipinski definition) is 3. The van der Waals surface area contributed by atoms with Crippen LogP contribution in [0.15, 0.2) is 60.7 Å². The van der Waals surface area contributed by atoms with E-state index in [-0.39, 0.29) is 44.4 Å². The summed E-state index contributed by atoms with van der Waals surface area (Å²) in [6, 6.07) is 16.1. The summed E-state index contributed by atoms with van der Waals surface area (Å²) in [6.07, 6.45) is -1.20. The molecule has 0 radical (unpaired) electrons. The molecule has 0 aromatic heterocycles. The first-order chi connectivity index (χ1) is 20.1. The zero-order chi connectivity index (χ0) is 30.2. The molecule has 0 spiro atoms. The van der Waals surface area contributed by atoms with Crippen molar-refractivity contribution in [1.82, 2.24) is 25.8 Å². The van der Waals surface area contributed by atoms with Crippen LogP contribution >= 0.6 is 0 Å². The fraction of sp³-hybridized carbons (Fsp3) is 0.452. The van der Waals surface area contributed by atoms with E-state index < -0.39 is 47.9 Å². The maximum Gasteiger partial charge on any atom is 0.254 e. The second-order valence-corrected chi connectivity index (χ2v) is 11.3. The molecule has 5 amide bonds. The van der Waals surface area contributed by atoms with Crippen molar-refractivity contribution < 1.29 is 28.7 Å². The summed E-state index contributed by atoms with van der Waals surface area (Å²) in [4.78, 5) is 69.5. The van der Waals surface area contributed by atoms with Gasteiger partial charge in [0.25, 0.3) is 11.8 Å². The van der Waals surface area contributed by atoms with Crippen LogP contribution < -0.4 is 16.0 Å². The van der Waals surface area contributed by atoms with Gasteiger partial charge in [-0.3, -0.25) is 24.0 Å². The van der Waals surface area contributed by atoms with Gasteiger partial charge in [-0.25, -0.2) is 0 Å². The van der Waals surface area contributed by atoms with E-state index in [1.54, 1.807) is 24.3 Å². The number of benzene rings is 2. The standard InChI is InChI=1S/C31H39N5O6/c1-20(2)14-24-28(38)32-16-23-17-36(30(40)22-12-8-5-9-13-22)18-26(42-23)29(39)34-25(15-21-10-6-4-7-11-21)31(41)35(3)19-27(37)33-24/h4-13,20,23-26H,14-19H2,1-3H3,(H,32,38)(H,33,37)(H,34,39)/t23-,24+,25-,26-/m1/s1.